The predicted molar refractivity (Wildman–Crippen MR) is 39.7 cm³/mol. The Balaban J connectivity index is 3.69. The highest BCUT2D eigenvalue weighted by Gasteiger charge is 2.21. The van der Waals surface area contributed by atoms with E-state index in [-0.39, 0.29) is 6.54 Å². The molecule has 0 aliphatic rings. The van der Waals surface area contributed by atoms with Gasteiger partial charge in [-0.3, -0.25) is 0 Å². The summed E-state index contributed by atoms with van der Waals surface area (Å²) in [4.78, 5) is 0. The average molecular weight is 167 g/mol. The Labute approximate surface area is 65.7 Å². The first-order chi connectivity index (χ1) is 5.04. The Kier molecular flexibility index (Phi) is 4.52. The summed E-state index contributed by atoms with van der Waals surface area (Å²) in [5, 5.41) is 0. The van der Waals surface area contributed by atoms with Crippen molar-refractivity contribution in [3.05, 3.63) is 0 Å². The molecule has 11 heavy (non-hydrogen) atoms. The third-order valence-electron chi connectivity index (χ3n) is 1.74. The first-order valence-corrected chi connectivity index (χ1v) is 3.66. The zero-order valence-electron chi connectivity index (χ0n) is 6.94. The van der Waals surface area contributed by atoms with Gasteiger partial charge in [0.1, 0.15) is 6.61 Å². The molecular formula is C7H15F2NO. The first-order valence-electron chi connectivity index (χ1n) is 3.66. The van der Waals surface area contributed by atoms with Crippen molar-refractivity contribution >= 4 is 0 Å². The van der Waals surface area contributed by atoms with Gasteiger partial charge in [-0.15, -0.1) is 0 Å². The molecule has 0 aromatic heterocycles. The van der Waals surface area contributed by atoms with Crippen LogP contribution >= 0.6 is 0 Å². The van der Waals surface area contributed by atoms with E-state index < -0.39 is 18.6 Å². The normalized spacial score (nSPS) is 16.9. The van der Waals surface area contributed by atoms with Crippen molar-refractivity contribution in [2.24, 2.45) is 5.73 Å². The van der Waals surface area contributed by atoms with Crippen LogP contribution in [0.1, 0.15) is 20.3 Å². The van der Waals surface area contributed by atoms with E-state index in [4.69, 9.17) is 10.5 Å². The summed E-state index contributed by atoms with van der Waals surface area (Å²) in [7, 11) is 0. The van der Waals surface area contributed by atoms with Crippen LogP contribution in [0.5, 0.6) is 0 Å². The van der Waals surface area contributed by atoms with Crippen LogP contribution in [0.25, 0.3) is 0 Å². The van der Waals surface area contributed by atoms with Gasteiger partial charge in [-0.2, -0.15) is 0 Å². The minimum Gasteiger partial charge on any atom is -0.368 e. The van der Waals surface area contributed by atoms with Crippen molar-refractivity contribution in [2.45, 2.75) is 32.3 Å². The van der Waals surface area contributed by atoms with Crippen molar-refractivity contribution in [1.82, 2.24) is 0 Å². The van der Waals surface area contributed by atoms with E-state index in [2.05, 4.69) is 0 Å². The molecule has 4 heteroatoms. The fourth-order valence-corrected chi connectivity index (χ4v) is 0.570. The molecular weight excluding hydrogens is 152 g/mol. The molecule has 0 saturated carbocycles. The fourth-order valence-electron chi connectivity index (χ4n) is 0.570. The average Bonchev–Trinajstić information content (AvgIpc) is 2.00. The first kappa shape index (κ1) is 10.8. The second kappa shape index (κ2) is 4.62. The molecule has 0 aromatic carbocycles. The molecule has 1 atom stereocenters. The molecule has 68 valence electrons. The van der Waals surface area contributed by atoms with Crippen LogP contribution in [0.15, 0.2) is 0 Å². The Morgan fingerprint density at radius 3 is 2.36 bits per heavy atom. The van der Waals surface area contributed by atoms with E-state index in [9.17, 15) is 8.78 Å². The Bertz CT molecular complexity index is 105. The molecule has 2 N–H and O–H groups in total. The molecule has 2 nitrogen and oxygen atoms in total. The highest BCUT2D eigenvalue weighted by molar-refractivity contribution is 4.73. The quantitative estimate of drug-likeness (QED) is 0.671. The van der Waals surface area contributed by atoms with Gasteiger partial charge in [-0.05, 0) is 13.3 Å². The van der Waals surface area contributed by atoms with Crippen LogP contribution in [0.3, 0.4) is 0 Å². The predicted octanol–water partition coefficient (Wildman–Crippen LogP) is 1.40. The zero-order valence-corrected chi connectivity index (χ0v) is 6.94. The van der Waals surface area contributed by atoms with Gasteiger partial charge in [0, 0.05) is 6.54 Å². The lowest BCUT2D eigenvalue weighted by atomic mass is 10.0. The fraction of sp³-hybridized carbons (Fsp3) is 1.00. The van der Waals surface area contributed by atoms with E-state index in [1.165, 1.54) is 0 Å². The van der Waals surface area contributed by atoms with Gasteiger partial charge in [0.2, 0.25) is 0 Å². The van der Waals surface area contributed by atoms with Gasteiger partial charge in [0.15, 0.2) is 0 Å². The van der Waals surface area contributed by atoms with E-state index in [0.717, 1.165) is 0 Å². The zero-order chi connectivity index (χ0) is 8.91. The van der Waals surface area contributed by atoms with Crippen molar-refractivity contribution in [2.75, 3.05) is 13.2 Å². The minimum absolute atomic E-state index is 0.274. The van der Waals surface area contributed by atoms with Crippen molar-refractivity contribution < 1.29 is 13.5 Å². The Morgan fingerprint density at radius 1 is 1.55 bits per heavy atom. The second-order valence-electron chi connectivity index (χ2n) is 2.71. The minimum atomic E-state index is -2.41. The number of hydrogen-bond acceptors (Lipinski definition) is 2. The molecule has 0 aromatic rings. The number of alkyl halides is 2. The summed E-state index contributed by atoms with van der Waals surface area (Å²) in [5.74, 6) is 0. The van der Waals surface area contributed by atoms with Crippen LogP contribution in [-0.4, -0.2) is 25.2 Å². The summed E-state index contributed by atoms with van der Waals surface area (Å²) >= 11 is 0. The van der Waals surface area contributed by atoms with E-state index in [1.54, 1.807) is 6.92 Å². The number of ether oxygens (including phenoxy) is 1. The largest absolute Gasteiger partial charge is 0.368 e. The molecule has 0 amide bonds. The lowest BCUT2D eigenvalue weighted by Crippen LogP contribution is -2.38. The van der Waals surface area contributed by atoms with Gasteiger partial charge in [-0.25, -0.2) is 8.78 Å². The summed E-state index contributed by atoms with van der Waals surface area (Å²) < 4.78 is 28.3. The molecule has 0 fully saturated rings. The SMILES string of the molecule is CCC(C)(CN)OCC(F)F. The van der Waals surface area contributed by atoms with Gasteiger partial charge < -0.3 is 10.5 Å². The van der Waals surface area contributed by atoms with Crippen LogP contribution in [0.2, 0.25) is 0 Å². The van der Waals surface area contributed by atoms with Crippen LogP contribution in [0, 0.1) is 0 Å². The van der Waals surface area contributed by atoms with Crippen molar-refractivity contribution in [1.29, 1.82) is 0 Å². The lowest BCUT2D eigenvalue weighted by molar-refractivity contribution is -0.0761. The molecule has 0 spiro atoms. The number of rotatable bonds is 5. The molecule has 0 bridgehead atoms. The topological polar surface area (TPSA) is 35.2 Å². The molecule has 0 heterocycles. The monoisotopic (exact) mass is 167 g/mol. The maximum Gasteiger partial charge on any atom is 0.261 e. The Morgan fingerprint density at radius 2 is 2.09 bits per heavy atom. The van der Waals surface area contributed by atoms with Crippen LogP contribution < -0.4 is 5.73 Å². The molecule has 0 saturated heterocycles. The van der Waals surface area contributed by atoms with Gasteiger partial charge in [-0.1, -0.05) is 6.92 Å². The van der Waals surface area contributed by atoms with Crippen molar-refractivity contribution in [3.63, 3.8) is 0 Å². The van der Waals surface area contributed by atoms with Crippen LogP contribution in [0.4, 0.5) is 8.78 Å². The molecule has 0 aliphatic carbocycles. The molecule has 1 unspecified atom stereocenters. The van der Waals surface area contributed by atoms with Crippen molar-refractivity contribution in [3.8, 4) is 0 Å². The lowest BCUT2D eigenvalue weighted by Gasteiger charge is -2.26. The van der Waals surface area contributed by atoms with E-state index >= 15 is 0 Å². The second-order valence-corrected chi connectivity index (χ2v) is 2.71. The summed E-state index contributed by atoms with van der Waals surface area (Å²) in [6, 6.07) is 0. The molecule has 0 rings (SSSR count). The van der Waals surface area contributed by atoms with Gasteiger partial charge >= 0.3 is 0 Å². The number of hydrogen-bond donors (Lipinski definition) is 1. The summed E-state index contributed by atoms with van der Waals surface area (Å²) in [6.45, 7) is 3.34. The molecule has 0 aliphatic heterocycles. The van der Waals surface area contributed by atoms with Crippen LogP contribution in [-0.2, 0) is 4.74 Å². The molecule has 0 radical (unpaired) electrons. The number of halogens is 2. The highest BCUT2D eigenvalue weighted by Crippen LogP contribution is 2.13. The summed E-state index contributed by atoms with van der Waals surface area (Å²) in [5.41, 5.74) is 4.75. The Hall–Kier alpha value is -0.220. The maximum absolute atomic E-state index is 11.7. The third-order valence-corrected chi connectivity index (χ3v) is 1.74. The van der Waals surface area contributed by atoms with Gasteiger partial charge in [0.05, 0.1) is 5.60 Å². The van der Waals surface area contributed by atoms with Gasteiger partial charge in [0.25, 0.3) is 6.43 Å². The smallest absolute Gasteiger partial charge is 0.261 e. The highest BCUT2D eigenvalue weighted by atomic mass is 19.3. The number of nitrogens with two attached hydrogens (primary N) is 1. The van der Waals surface area contributed by atoms with E-state index in [1.807, 2.05) is 6.92 Å². The maximum atomic E-state index is 11.7. The standard InChI is InChI=1S/C7H15F2NO/c1-3-7(2,5-10)11-4-6(8)9/h6H,3-5,10H2,1-2H3. The third kappa shape index (κ3) is 4.27. The van der Waals surface area contributed by atoms with E-state index in [0.29, 0.717) is 6.42 Å². The summed E-state index contributed by atoms with van der Waals surface area (Å²) in [6.07, 6.45) is -1.76.